The highest BCUT2D eigenvalue weighted by molar-refractivity contribution is 5.45. The minimum Gasteiger partial charge on any atom is -0.493 e. The molecule has 2 rings (SSSR count). The molecule has 1 N–H and O–H groups in total. The van der Waals surface area contributed by atoms with Crippen molar-refractivity contribution in [3.8, 4) is 5.75 Å². The number of halogens is 3. The van der Waals surface area contributed by atoms with Crippen molar-refractivity contribution in [3.63, 3.8) is 0 Å². The van der Waals surface area contributed by atoms with Gasteiger partial charge in [0.1, 0.15) is 5.75 Å². The monoisotopic (exact) mass is 287 g/mol. The highest BCUT2D eigenvalue weighted by Crippen LogP contribution is 2.37. The van der Waals surface area contributed by atoms with Gasteiger partial charge >= 0.3 is 6.18 Å². The van der Waals surface area contributed by atoms with Crippen LogP contribution in [0.5, 0.6) is 5.75 Å². The van der Waals surface area contributed by atoms with Crippen molar-refractivity contribution in [1.82, 2.24) is 5.32 Å². The van der Waals surface area contributed by atoms with Gasteiger partial charge in [0.2, 0.25) is 0 Å². The number of hydrogen-bond donors (Lipinski definition) is 1. The summed E-state index contributed by atoms with van der Waals surface area (Å²) in [4.78, 5) is 0. The Morgan fingerprint density at radius 3 is 2.85 bits per heavy atom. The minimum absolute atomic E-state index is 0.302. The zero-order valence-electron chi connectivity index (χ0n) is 11.6. The highest BCUT2D eigenvalue weighted by atomic mass is 19.4. The summed E-state index contributed by atoms with van der Waals surface area (Å²) in [6, 6.07) is 5.95. The maximum Gasteiger partial charge on any atom is 0.392 e. The third kappa shape index (κ3) is 3.88. The second kappa shape index (κ2) is 6.48. The number of hydrogen-bond acceptors (Lipinski definition) is 2. The SMILES string of the molecule is CCCNC1CCc2c(OCCC(F)(F)F)cccc21. The smallest absolute Gasteiger partial charge is 0.392 e. The molecule has 1 atom stereocenters. The van der Waals surface area contributed by atoms with Crippen molar-refractivity contribution in [3.05, 3.63) is 29.3 Å². The van der Waals surface area contributed by atoms with E-state index in [2.05, 4.69) is 12.2 Å². The molecule has 1 aromatic carbocycles. The van der Waals surface area contributed by atoms with Gasteiger partial charge in [-0.25, -0.2) is 0 Å². The fourth-order valence-electron chi connectivity index (χ4n) is 2.56. The molecular formula is C15H20F3NO. The van der Waals surface area contributed by atoms with Crippen LogP contribution in [-0.2, 0) is 6.42 Å². The number of rotatable bonds is 6. The normalized spacial score (nSPS) is 18.1. The Bertz CT molecular complexity index is 445. The molecule has 0 saturated carbocycles. The van der Waals surface area contributed by atoms with E-state index in [0.717, 1.165) is 31.4 Å². The van der Waals surface area contributed by atoms with Crippen molar-refractivity contribution in [2.45, 2.75) is 44.8 Å². The summed E-state index contributed by atoms with van der Waals surface area (Å²) in [5.74, 6) is 0.604. The Labute approximate surface area is 117 Å². The zero-order valence-corrected chi connectivity index (χ0v) is 11.6. The van der Waals surface area contributed by atoms with Gasteiger partial charge in [0.25, 0.3) is 0 Å². The first kappa shape index (κ1) is 15.2. The Kier molecular flexibility index (Phi) is 4.91. The molecule has 0 aliphatic heterocycles. The number of ether oxygens (including phenoxy) is 1. The molecule has 112 valence electrons. The molecule has 5 heteroatoms. The van der Waals surface area contributed by atoms with Gasteiger partial charge in [-0.05, 0) is 43.0 Å². The van der Waals surface area contributed by atoms with Crippen LogP contribution in [0.4, 0.5) is 13.2 Å². The maximum atomic E-state index is 12.1. The van der Waals surface area contributed by atoms with Crippen LogP contribution in [0, 0.1) is 0 Å². The van der Waals surface area contributed by atoms with Crippen molar-refractivity contribution >= 4 is 0 Å². The van der Waals surface area contributed by atoms with Crippen molar-refractivity contribution < 1.29 is 17.9 Å². The highest BCUT2D eigenvalue weighted by Gasteiger charge is 2.28. The molecular weight excluding hydrogens is 267 g/mol. The van der Waals surface area contributed by atoms with Gasteiger partial charge in [-0.3, -0.25) is 0 Å². The Morgan fingerprint density at radius 2 is 2.15 bits per heavy atom. The van der Waals surface area contributed by atoms with Crippen LogP contribution in [0.1, 0.15) is 43.4 Å². The molecule has 20 heavy (non-hydrogen) atoms. The molecule has 0 radical (unpaired) electrons. The van der Waals surface area contributed by atoms with Gasteiger partial charge in [0.15, 0.2) is 0 Å². The van der Waals surface area contributed by atoms with Crippen LogP contribution in [0.2, 0.25) is 0 Å². The van der Waals surface area contributed by atoms with E-state index < -0.39 is 12.6 Å². The zero-order chi connectivity index (χ0) is 14.6. The third-order valence-corrected chi connectivity index (χ3v) is 3.51. The van der Waals surface area contributed by atoms with Gasteiger partial charge in [0.05, 0.1) is 13.0 Å². The molecule has 1 unspecified atom stereocenters. The molecule has 0 spiro atoms. The molecule has 0 saturated heterocycles. The van der Waals surface area contributed by atoms with Crippen LogP contribution in [0.15, 0.2) is 18.2 Å². The van der Waals surface area contributed by atoms with Gasteiger partial charge in [-0.1, -0.05) is 19.1 Å². The van der Waals surface area contributed by atoms with Crippen LogP contribution in [-0.4, -0.2) is 19.3 Å². The van der Waals surface area contributed by atoms with Gasteiger partial charge in [0, 0.05) is 6.04 Å². The lowest BCUT2D eigenvalue weighted by Crippen LogP contribution is -2.19. The van der Waals surface area contributed by atoms with E-state index in [9.17, 15) is 13.2 Å². The molecule has 0 heterocycles. The molecule has 2 nitrogen and oxygen atoms in total. The molecule has 1 aliphatic rings. The second-order valence-electron chi connectivity index (χ2n) is 5.08. The first-order valence-electron chi connectivity index (χ1n) is 7.06. The molecule has 0 aromatic heterocycles. The molecule has 0 amide bonds. The minimum atomic E-state index is -4.16. The number of fused-ring (bicyclic) bond motifs is 1. The quantitative estimate of drug-likeness (QED) is 0.853. The fraction of sp³-hybridized carbons (Fsp3) is 0.600. The number of nitrogens with one attached hydrogen (secondary N) is 1. The maximum absolute atomic E-state index is 12.1. The topological polar surface area (TPSA) is 21.3 Å². The lowest BCUT2D eigenvalue weighted by atomic mass is 10.1. The van der Waals surface area contributed by atoms with E-state index in [0.29, 0.717) is 11.8 Å². The first-order chi connectivity index (χ1) is 9.51. The van der Waals surface area contributed by atoms with E-state index >= 15 is 0 Å². The summed E-state index contributed by atoms with van der Waals surface area (Å²) < 4.78 is 41.8. The summed E-state index contributed by atoms with van der Waals surface area (Å²) in [7, 11) is 0. The largest absolute Gasteiger partial charge is 0.493 e. The number of benzene rings is 1. The number of alkyl halides is 3. The molecule has 0 bridgehead atoms. The van der Waals surface area contributed by atoms with Crippen molar-refractivity contribution in [2.75, 3.05) is 13.2 Å². The Morgan fingerprint density at radius 1 is 1.35 bits per heavy atom. The van der Waals surface area contributed by atoms with E-state index in [4.69, 9.17) is 4.74 Å². The average Bonchev–Trinajstić information content (AvgIpc) is 2.79. The lowest BCUT2D eigenvalue weighted by molar-refractivity contribution is -0.139. The Hall–Kier alpha value is -1.23. The van der Waals surface area contributed by atoms with Crippen molar-refractivity contribution in [1.29, 1.82) is 0 Å². The Balaban J connectivity index is 2.00. The van der Waals surface area contributed by atoms with E-state index in [-0.39, 0.29) is 6.61 Å². The third-order valence-electron chi connectivity index (χ3n) is 3.51. The van der Waals surface area contributed by atoms with Crippen molar-refractivity contribution in [2.24, 2.45) is 0 Å². The average molecular weight is 287 g/mol. The summed E-state index contributed by atoms with van der Waals surface area (Å²) >= 11 is 0. The predicted molar refractivity (Wildman–Crippen MR) is 72.0 cm³/mol. The van der Waals surface area contributed by atoms with E-state index in [1.165, 1.54) is 5.56 Å². The van der Waals surface area contributed by atoms with E-state index in [1.807, 2.05) is 12.1 Å². The predicted octanol–water partition coefficient (Wildman–Crippen LogP) is 4.00. The van der Waals surface area contributed by atoms with Gasteiger partial charge in [-0.15, -0.1) is 0 Å². The first-order valence-corrected chi connectivity index (χ1v) is 7.06. The van der Waals surface area contributed by atoms with Crippen LogP contribution >= 0.6 is 0 Å². The molecule has 1 aliphatic carbocycles. The van der Waals surface area contributed by atoms with E-state index in [1.54, 1.807) is 6.07 Å². The van der Waals surface area contributed by atoms with Gasteiger partial charge in [-0.2, -0.15) is 13.2 Å². The lowest BCUT2D eigenvalue weighted by Gasteiger charge is -2.15. The second-order valence-corrected chi connectivity index (χ2v) is 5.08. The molecule has 1 aromatic rings. The van der Waals surface area contributed by atoms with Gasteiger partial charge < -0.3 is 10.1 Å². The summed E-state index contributed by atoms with van der Waals surface area (Å²) in [5, 5.41) is 3.46. The summed E-state index contributed by atoms with van der Waals surface area (Å²) in [6.07, 6.45) is -2.17. The standard InChI is InChI=1S/C15H20F3NO/c1-2-9-19-13-7-6-12-11(13)4-3-5-14(12)20-10-8-15(16,17)18/h3-5,13,19H,2,6-10H2,1H3. The summed E-state index contributed by atoms with van der Waals surface area (Å²) in [5.41, 5.74) is 2.23. The molecule has 0 fully saturated rings. The fourth-order valence-corrected chi connectivity index (χ4v) is 2.56. The van der Waals surface area contributed by atoms with Crippen LogP contribution in [0.3, 0.4) is 0 Å². The summed E-state index contributed by atoms with van der Waals surface area (Å²) in [6.45, 7) is 2.75. The van der Waals surface area contributed by atoms with Crippen LogP contribution < -0.4 is 10.1 Å². The van der Waals surface area contributed by atoms with Crippen LogP contribution in [0.25, 0.3) is 0 Å².